The molecule has 0 radical (unpaired) electrons. The highest BCUT2D eigenvalue weighted by atomic mass is 19.3. The van der Waals surface area contributed by atoms with Gasteiger partial charge in [0.2, 0.25) is 0 Å². The lowest BCUT2D eigenvalue weighted by Crippen LogP contribution is -2.41. The Labute approximate surface area is 106 Å². The molecule has 0 aromatic heterocycles. The third-order valence-corrected chi connectivity index (χ3v) is 3.01. The van der Waals surface area contributed by atoms with Gasteiger partial charge in [-0.15, -0.1) is 0 Å². The van der Waals surface area contributed by atoms with Crippen molar-refractivity contribution >= 4 is 0 Å². The molecule has 18 heavy (non-hydrogen) atoms. The molecule has 0 atom stereocenters. The maximum atomic E-state index is 12.0. The summed E-state index contributed by atoms with van der Waals surface area (Å²) in [5.74, 6) is 0.201. The molecule has 1 saturated heterocycles. The number of ether oxygens (including phenoxy) is 1. The highest BCUT2D eigenvalue weighted by Gasteiger charge is 2.09. The summed E-state index contributed by atoms with van der Waals surface area (Å²) in [4.78, 5) is 0. The molecule has 1 N–H and O–H groups in total. The number of hydrogen-bond acceptors (Lipinski definition) is 3. The Morgan fingerprint density at radius 3 is 2.39 bits per heavy atom. The van der Waals surface area contributed by atoms with Crippen LogP contribution >= 0.6 is 0 Å². The van der Waals surface area contributed by atoms with Gasteiger partial charge in [0.05, 0.1) is 0 Å². The summed E-state index contributed by atoms with van der Waals surface area (Å²) in [7, 11) is 0. The fourth-order valence-electron chi connectivity index (χ4n) is 2.04. The Morgan fingerprint density at radius 2 is 1.78 bits per heavy atom. The van der Waals surface area contributed by atoms with Crippen molar-refractivity contribution in [3.8, 4) is 5.75 Å². The summed E-state index contributed by atoms with van der Waals surface area (Å²) < 4.78 is 28.2. The van der Waals surface area contributed by atoms with Gasteiger partial charge in [0.15, 0.2) is 0 Å². The summed E-state index contributed by atoms with van der Waals surface area (Å²) in [6.45, 7) is 0.107. The van der Waals surface area contributed by atoms with Crippen molar-refractivity contribution in [3.63, 3.8) is 0 Å². The van der Waals surface area contributed by atoms with Gasteiger partial charge in [0.25, 0.3) is 0 Å². The molecule has 1 aliphatic heterocycles. The third-order valence-electron chi connectivity index (χ3n) is 3.01. The van der Waals surface area contributed by atoms with E-state index in [1.807, 2.05) is 0 Å². The minimum Gasteiger partial charge on any atom is -0.435 e. The first-order valence-corrected chi connectivity index (χ1v) is 6.26. The van der Waals surface area contributed by atoms with Crippen LogP contribution < -0.4 is 10.2 Å². The summed E-state index contributed by atoms with van der Waals surface area (Å²) in [5.41, 5.74) is 4.40. The first-order chi connectivity index (χ1) is 8.74. The van der Waals surface area contributed by atoms with E-state index in [1.54, 1.807) is 24.3 Å². The van der Waals surface area contributed by atoms with Crippen molar-refractivity contribution in [1.82, 2.24) is 10.4 Å². The van der Waals surface area contributed by atoms with E-state index >= 15 is 0 Å². The molecule has 0 amide bonds. The summed E-state index contributed by atoms with van der Waals surface area (Å²) in [6, 6.07) is 6.74. The number of nitrogens with one attached hydrogen (secondary N) is 1. The van der Waals surface area contributed by atoms with Crippen LogP contribution in [-0.2, 0) is 6.54 Å². The van der Waals surface area contributed by atoms with Gasteiger partial charge in [0, 0.05) is 19.6 Å². The van der Waals surface area contributed by atoms with Gasteiger partial charge in [-0.25, -0.2) is 5.01 Å². The number of rotatable bonds is 5. The van der Waals surface area contributed by atoms with Crippen molar-refractivity contribution in [2.45, 2.75) is 32.4 Å². The molecule has 0 bridgehead atoms. The maximum Gasteiger partial charge on any atom is 0.387 e. The second-order valence-corrected chi connectivity index (χ2v) is 4.41. The van der Waals surface area contributed by atoms with Gasteiger partial charge in [-0.05, 0) is 30.5 Å². The number of hydrogen-bond donors (Lipinski definition) is 1. The number of hydrazine groups is 1. The van der Waals surface area contributed by atoms with E-state index in [0.717, 1.165) is 25.2 Å². The van der Waals surface area contributed by atoms with Crippen LogP contribution in [0.5, 0.6) is 5.75 Å². The Morgan fingerprint density at radius 1 is 1.11 bits per heavy atom. The minimum atomic E-state index is -2.76. The Bertz CT molecular complexity index is 351. The maximum absolute atomic E-state index is 12.0. The first kappa shape index (κ1) is 13.2. The van der Waals surface area contributed by atoms with E-state index in [-0.39, 0.29) is 5.75 Å². The molecule has 2 rings (SSSR count). The predicted octanol–water partition coefficient (Wildman–Crippen LogP) is 2.78. The second-order valence-electron chi connectivity index (χ2n) is 4.41. The largest absolute Gasteiger partial charge is 0.435 e. The van der Waals surface area contributed by atoms with Crippen LogP contribution in [0.3, 0.4) is 0 Å². The summed E-state index contributed by atoms with van der Waals surface area (Å²) >= 11 is 0. The van der Waals surface area contributed by atoms with Gasteiger partial charge in [-0.2, -0.15) is 8.78 Å². The topological polar surface area (TPSA) is 24.5 Å². The van der Waals surface area contributed by atoms with Crippen molar-refractivity contribution < 1.29 is 13.5 Å². The second kappa shape index (κ2) is 6.66. The van der Waals surface area contributed by atoms with Gasteiger partial charge < -0.3 is 4.74 Å². The number of benzene rings is 1. The zero-order valence-corrected chi connectivity index (χ0v) is 10.2. The van der Waals surface area contributed by atoms with E-state index in [9.17, 15) is 8.78 Å². The Kier molecular flexibility index (Phi) is 4.90. The lowest BCUT2D eigenvalue weighted by atomic mass is 10.2. The normalized spacial score (nSPS) is 17.1. The molecule has 3 nitrogen and oxygen atoms in total. The molecule has 0 spiro atoms. The van der Waals surface area contributed by atoms with E-state index in [0.29, 0.717) is 0 Å². The molecule has 1 aromatic carbocycles. The van der Waals surface area contributed by atoms with Crippen molar-refractivity contribution in [1.29, 1.82) is 0 Å². The van der Waals surface area contributed by atoms with Gasteiger partial charge in [-0.1, -0.05) is 18.6 Å². The molecule has 0 saturated carbocycles. The van der Waals surface area contributed by atoms with Gasteiger partial charge in [0.1, 0.15) is 5.75 Å². The first-order valence-electron chi connectivity index (χ1n) is 6.26. The minimum absolute atomic E-state index is 0.201. The average Bonchev–Trinajstić information content (AvgIpc) is 2.38. The van der Waals surface area contributed by atoms with Crippen LogP contribution in [0, 0.1) is 0 Å². The smallest absolute Gasteiger partial charge is 0.387 e. The van der Waals surface area contributed by atoms with Crippen LogP contribution in [-0.4, -0.2) is 24.7 Å². The van der Waals surface area contributed by atoms with Gasteiger partial charge in [-0.3, -0.25) is 5.43 Å². The predicted molar refractivity (Wildman–Crippen MR) is 65.3 cm³/mol. The van der Waals surface area contributed by atoms with E-state index in [1.165, 1.54) is 19.3 Å². The van der Waals surface area contributed by atoms with Crippen molar-refractivity contribution in [2.24, 2.45) is 0 Å². The average molecular weight is 256 g/mol. The molecule has 100 valence electrons. The van der Waals surface area contributed by atoms with Crippen LogP contribution in [0.4, 0.5) is 8.78 Å². The van der Waals surface area contributed by atoms with Crippen LogP contribution in [0.25, 0.3) is 0 Å². The molecule has 1 aliphatic rings. The third kappa shape index (κ3) is 4.23. The van der Waals surface area contributed by atoms with E-state index in [2.05, 4.69) is 15.2 Å². The van der Waals surface area contributed by atoms with E-state index in [4.69, 9.17) is 0 Å². The summed E-state index contributed by atoms with van der Waals surface area (Å²) in [5, 5.41) is 2.22. The number of piperidine rings is 1. The number of alkyl halides is 2. The van der Waals surface area contributed by atoms with Crippen LogP contribution in [0.15, 0.2) is 24.3 Å². The highest BCUT2D eigenvalue weighted by Crippen LogP contribution is 2.15. The Hall–Kier alpha value is -1.20. The zero-order valence-electron chi connectivity index (χ0n) is 10.2. The molecular weight excluding hydrogens is 238 g/mol. The molecule has 1 fully saturated rings. The fraction of sp³-hybridized carbons (Fsp3) is 0.538. The molecular formula is C13H18F2N2O. The standard InChI is InChI=1S/C13H18F2N2O/c14-13(15)18-12-6-4-11(5-7-12)10-16-17-8-2-1-3-9-17/h4-7,13,16H,1-3,8-10H2. The van der Waals surface area contributed by atoms with Crippen LogP contribution in [0.2, 0.25) is 0 Å². The highest BCUT2D eigenvalue weighted by molar-refractivity contribution is 5.27. The van der Waals surface area contributed by atoms with Crippen molar-refractivity contribution in [3.05, 3.63) is 29.8 Å². The monoisotopic (exact) mass is 256 g/mol. The molecule has 1 heterocycles. The zero-order chi connectivity index (χ0) is 12.8. The lowest BCUT2D eigenvalue weighted by molar-refractivity contribution is -0.0498. The number of halogens is 2. The molecule has 0 unspecified atom stereocenters. The summed E-state index contributed by atoms with van der Waals surface area (Å²) in [6.07, 6.45) is 3.76. The number of nitrogens with zero attached hydrogens (tertiary/aromatic N) is 1. The fourth-order valence-corrected chi connectivity index (χ4v) is 2.04. The molecule has 5 heteroatoms. The van der Waals surface area contributed by atoms with Crippen molar-refractivity contribution in [2.75, 3.05) is 13.1 Å². The quantitative estimate of drug-likeness (QED) is 0.876. The molecule has 0 aliphatic carbocycles. The van der Waals surface area contributed by atoms with E-state index < -0.39 is 6.61 Å². The SMILES string of the molecule is FC(F)Oc1ccc(CNN2CCCCC2)cc1. The lowest BCUT2D eigenvalue weighted by Gasteiger charge is -2.27. The van der Waals surface area contributed by atoms with Crippen LogP contribution in [0.1, 0.15) is 24.8 Å². The van der Waals surface area contributed by atoms with Gasteiger partial charge >= 0.3 is 6.61 Å². The molecule has 1 aromatic rings. The Balaban J connectivity index is 1.78.